The summed E-state index contributed by atoms with van der Waals surface area (Å²) < 4.78 is 24.2. The summed E-state index contributed by atoms with van der Waals surface area (Å²) in [4.78, 5) is 16.5. The van der Waals surface area contributed by atoms with Gasteiger partial charge in [-0.3, -0.25) is 10.1 Å². The lowest BCUT2D eigenvalue weighted by molar-refractivity contribution is -0.384. The molecular weight excluding hydrogens is 380 g/mol. The number of pyridine rings is 1. The lowest BCUT2D eigenvalue weighted by atomic mass is 10.1. The molecule has 1 heterocycles. The van der Waals surface area contributed by atoms with Crippen molar-refractivity contribution < 1.29 is 13.3 Å². The molecule has 0 saturated heterocycles. The summed E-state index contributed by atoms with van der Waals surface area (Å²) in [7, 11) is -3.79. The molecular formula is C16H11ClN4O4S. The predicted molar refractivity (Wildman–Crippen MR) is 97.8 cm³/mol. The second-order valence-corrected chi connectivity index (χ2v) is 7.19. The Labute approximate surface area is 153 Å². The Bertz CT molecular complexity index is 1120. The Morgan fingerprint density at radius 3 is 2.58 bits per heavy atom. The van der Waals surface area contributed by atoms with Crippen molar-refractivity contribution in [2.45, 2.75) is 4.90 Å². The molecule has 0 saturated carbocycles. The van der Waals surface area contributed by atoms with Crippen LogP contribution in [0.25, 0.3) is 10.9 Å². The van der Waals surface area contributed by atoms with Gasteiger partial charge in [-0.25, -0.2) is 9.82 Å². The largest absolute Gasteiger partial charge is 0.276 e. The number of fused-ring (bicyclic) bond motifs is 1. The van der Waals surface area contributed by atoms with Crippen LogP contribution >= 0.6 is 11.6 Å². The van der Waals surface area contributed by atoms with Crippen LogP contribution in [-0.4, -0.2) is 24.5 Å². The summed E-state index contributed by atoms with van der Waals surface area (Å²) in [5.41, 5.74) is 0.619. The van der Waals surface area contributed by atoms with Crippen molar-refractivity contribution in [1.29, 1.82) is 0 Å². The van der Waals surface area contributed by atoms with Crippen LogP contribution < -0.4 is 4.83 Å². The summed E-state index contributed by atoms with van der Waals surface area (Å²) in [5.74, 6) is 0. The highest BCUT2D eigenvalue weighted by Crippen LogP contribution is 2.23. The first kappa shape index (κ1) is 17.8. The van der Waals surface area contributed by atoms with E-state index in [2.05, 4.69) is 14.9 Å². The van der Waals surface area contributed by atoms with E-state index in [-0.39, 0.29) is 15.7 Å². The van der Waals surface area contributed by atoms with Gasteiger partial charge in [0.05, 0.1) is 21.6 Å². The number of nitro benzene ring substituents is 1. The Hall–Kier alpha value is -3.04. The average molecular weight is 391 g/mol. The fraction of sp³-hybridized carbons (Fsp3) is 0. The van der Waals surface area contributed by atoms with E-state index in [0.717, 1.165) is 0 Å². The zero-order valence-corrected chi connectivity index (χ0v) is 14.6. The van der Waals surface area contributed by atoms with E-state index in [1.54, 1.807) is 24.3 Å². The number of halogens is 1. The predicted octanol–water partition coefficient (Wildman–Crippen LogP) is 3.11. The van der Waals surface area contributed by atoms with E-state index in [9.17, 15) is 18.5 Å². The fourth-order valence-electron chi connectivity index (χ4n) is 2.17. The van der Waals surface area contributed by atoms with Crippen molar-refractivity contribution in [2.24, 2.45) is 5.10 Å². The van der Waals surface area contributed by atoms with Crippen LogP contribution in [0.4, 0.5) is 5.69 Å². The van der Waals surface area contributed by atoms with E-state index < -0.39 is 14.9 Å². The summed E-state index contributed by atoms with van der Waals surface area (Å²) in [5, 5.41) is 15.2. The zero-order chi connectivity index (χ0) is 18.7. The topological polar surface area (TPSA) is 115 Å². The summed E-state index contributed by atoms with van der Waals surface area (Å²) in [6.45, 7) is 0. The molecule has 0 radical (unpaired) electrons. The van der Waals surface area contributed by atoms with Gasteiger partial charge in [0.1, 0.15) is 5.15 Å². The second-order valence-electron chi connectivity index (χ2n) is 5.17. The van der Waals surface area contributed by atoms with Gasteiger partial charge in [0.2, 0.25) is 0 Å². The van der Waals surface area contributed by atoms with Gasteiger partial charge in [-0.05, 0) is 24.3 Å². The van der Waals surface area contributed by atoms with E-state index in [0.29, 0.717) is 16.5 Å². The number of hydrogen-bond donors (Lipinski definition) is 1. The zero-order valence-electron chi connectivity index (χ0n) is 13.0. The Morgan fingerprint density at radius 2 is 1.88 bits per heavy atom. The molecule has 8 nitrogen and oxygen atoms in total. The molecule has 26 heavy (non-hydrogen) atoms. The third-order valence-electron chi connectivity index (χ3n) is 3.42. The quantitative estimate of drug-likeness (QED) is 0.311. The number of benzene rings is 2. The first-order chi connectivity index (χ1) is 12.4. The highest BCUT2D eigenvalue weighted by atomic mass is 35.5. The molecule has 0 amide bonds. The minimum atomic E-state index is -3.79. The molecule has 132 valence electrons. The summed E-state index contributed by atoms with van der Waals surface area (Å²) in [6, 6.07) is 13.6. The number of rotatable bonds is 5. The molecule has 0 fully saturated rings. The standard InChI is InChI=1S/C16H11ClN4O4S/c17-16-12(8-11-6-7-13(21(22)23)9-15(11)19-16)10-18-20-26(24,25)14-4-2-1-3-5-14/h1-10,20H/b18-10-. The number of nitrogens with zero attached hydrogens (tertiary/aromatic N) is 3. The minimum absolute atomic E-state index is 0.0423. The van der Waals surface area contributed by atoms with Crippen LogP contribution in [0, 0.1) is 10.1 Å². The SMILES string of the molecule is O=[N+]([O-])c1ccc2cc(/C=N\NS(=O)(=O)c3ccccc3)c(Cl)nc2c1. The van der Waals surface area contributed by atoms with Crippen molar-refractivity contribution in [3.8, 4) is 0 Å². The average Bonchev–Trinajstić information content (AvgIpc) is 2.62. The summed E-state index contributed by atoms with van der Waals surface area (Å²) in [6.07, 6.45) is 1.22. The van der Waals surface area contributed by atoms with Gasteiger partial charge >= 0.3 is 0 Å². The molecule has 0 unspecified atom stereocenters. The number of non-ortho nitro benzene ring substituents is 1. The molecule has 10 heteroatoms. The van der Waals surface area contributed by atoms with Crippen molar-refractivity contribution in [3.63, 3.8) is 0 Å². The molecule has 3 rings (SSSR count). The van der Waals surface area contributed by atoms with Crippen LogP contribution in [0.2, 0.25) is 5.15 Å². The number of nitrogens with one attached hydrogen (secondary N) is 1. The van der Waals surface area contributed by atoms with Crippen LogP contribution in [0.5, 0.6) is 0 Å². The molecule has 1 N–H and O–H groups in total. The molecule has 1 aromatic heterocycles. The second kappa shape index (κ2) is 7.06. The number of nitro groups is 1. The molecule has 3 aromatic rings. The maximum atomic E-state index is 12.1. The van der Waals surface area contributed by atoms with E-state index >= 15 is 0 Å². The number of hydrazone groups is 1. The fourth-order valence-corrected chi connectivity index (χ4v) is 3.18. The Balaban J connectivity index is 1.86. The van der Waals surface area contributed by atoms with Crippen LogP contribution in [0.3, 0.4) is 0 Å². The molecule has 0 spiro atoms. The molecule has 0 atom stereocenters. The summed E-state index contributed by atoms with van der Waals surface area (Å²) >= 11 is 6.05. The minimum Gasteiger partial charge on any atom is -0.258 e. The van der Waals surface area contributed by atoms with E-state index in [4.69, 9.17) is 11.6 Å². The highest BCUT2D eigenvalue weighted by molar-refractivity contribution is 7.89. The van der Waals surface area contributed by atoms with Gasteiger partial charge in [-0.15, -0.1) is 0 Å². The van der Waals surface area contributed by atoms with Crippen molar-refractivity contribution >= 4 is 44.4 Å². The van der Waals surface area contributed by atoms with Crippen molar-refractivity contribution in [2.75, 3.05) is 0 Å². The molecule has 2 aromatic carbocycles. The van der Waals surface area contributed by atoms with E-state index in [1.165, 1.54) is 36.5 Å². The lowest BCUT2D eigenvalue weighted by Crippen LogP contribution is -2.18. The van der Waals surface area contributed by atoms with Crippen molar-refractivity contribution in [3.05, 3.63) is 75.4 Å². The number of hydrogen-bond acceptors (Lipinski definition) is 6. The van der Waals surface area contributed by atoms with Crippen molar-refractivity contribution in [1.82, 2.24) is 9.82 Å². The van der Waals surface area contributed by atoms with Gasteiger partial charge in [-0.1, -0.05) is 29.8 Å². The lowest BCUT2D eigenvalue weighted by Gasteiger charge is -2.04. The first-order valence-electron chi connectivity index (χ1n) is 7.21. The first-order valence-corrected chi connectivity index (χ1v) is 9.07. The maximum Gasteiger partial charge on any atom is 0.276 e. The molecule has 0 aliphatic carbocycles. The van der Waals surface area contributed by atoms with Crippen LogP contribution in [0.15, 0.2) is 64.6 Å². The molecule has 0 bridgehead atoms. The Morgan fingerprint density at radius 1 is 1.15 bits per heavy atom. The maximum absolute atomic E-state index is 12.1. The van der Waals surface area contributed by atoms with Gasteiger partial charge in [0.25, 0.3) is 15.7 Å². The number of sulfonamides is 1. The molecule has 0 aliphatic rings. The van der Waals surface area contributed by atoms with Gasteiger partial charge < -0.3 is 0 Å². The smallest absolute Gasteiger partial charge is 0.258 e. The van der Waals surface area contributed by atoms with Gasteiger partial charge in [0.15, 0.2) is 0 Å². The van der Waals surface area contributed by atoms with Gasteiger partial charge in [-0.2, -0.15) is 13.5 Å². The van der Waals surface area contributed by atoms with E-state index in [1.807, 2.05) is 0 Å². The van der Waals surface area contributed by atoms with Crippen LogP contribution in [0.1, 0.15) is 5.56 Å². The van der Waals surface area contributed by atoms with Gasteiger partial charge in [0, 0.05) is 23.1 Å². The van der Waals surface area contributed by atoms with Crippen LogP contribution in [-0.2, 0) is 10.0 Å². The molecule has 0 aliphatic heterocycles. The Kier molecular flexibility index (Phi) is 4.83. The highest BCUT2D eigenvalue weighted by Gasteiger charge is 2.12. The third kappa shape index (κ3) is 3.79. The monoisotopic (exact) mass is 390 g/mol. The number of aromatic nitrogens is 1. The third-order valence-corrected chi connectivity index (χ3v) is 4.96. The normalized spacial score (nSPS) is 11.7.